The van der Waals surface area contributed by atoms with E-state index in [0.29, 0.717) is 18.9 Å². The molecule has 1 rings (SSSR count). The number of likely N-dealkylation sites (N-methyl/N-ethyl adjacent to an activating group) is 1. The van der Waals surface area contributed by atoms with Crippen molar-refractivity contribution in [3.8, 4) is 0 Å². The summed E-state index contributed by atoms with van der Waals surface area (Å²) in [6.07, 6.45) is 4.16. The molecule has 0 spiro atoms. The van der Waals surface area contributed by atoms with Crippen molar-refractivity contribution >= 4 is 5.91 Å². The zero-order chi connectivity index (χ0) is 12.7. The number of likely N-dealkylation sites (tertiary alicyclic amines) is 1. The van der Waals surface area contributed by atoms with Gasteiger partial charge in [-0.1, -0.05) is 6.92 Å². The number of rotatable bonds is 7. The molecule has 100 valence electrons. The average Bonchev–Trinajstić information content (AvgIpc) is 2.85. The monoisotopic (exact) mass is 241 g/mol. The maximum Gasteiger partial charge on any atom is 0.222 e. The zero-order valence-corrected chi connectivity index (χ0v) is 11.3. The van der Waals surface area contributed by atoms with E-state index in [2.05, 4.69) is 11.8 Å². The van der Waals surface area contributed by atoms with Crippen LogP contribution in [0.5, 0.6) is 0 Å². The van der Waals surface area contributed by atoms with Crippen LogP contribution in [-0.4, -0.2) is 55.5 Å². The van der Waals surface area contributed by atoms with Crippen LogP contribution in [0.15, 0.2) is 0 Å². The van der Waals surface area contributed by atoms with Crippen LogP contribution in [0, 0.1) is 5.92 Å². The first-order valence-electron chi connectivity index (χ1n) is 6.80. The largest absolute Gasteiger partial charge is 0.344 e. The molecule has 1 atom stereocenters. The minimum absolute atomic E-state index is 0.254. The molecule has 0 radical (unpaired) electrons. The summed E-state index contributed by atoms with van der Waals surface area (Å²) >= 11 is 0. The maximum absolute atomic E-state index is 11.8. The molecule has 1 amide bonds. The van der Waals surface area contributed by atoms with Crippen molar-refractivity contribution in [1.29, 1.82) is 0 Å². The molecule has 0 saturated carbocycles. The van der Waals surface area contributed by atoms with Crippen LogP contribution in [0.3, 0.4) is 0 Å². The fraction of sp³-hybridized carbons (Fsp3) is 0.923. The third-order valence-electron chi connectivity index (χ3n) is 3.63. The average molecular weight is 241 g/mol. The summed E-state index contributed by atoms with van der Waals surface area (Å²) < 4.78 is 0. The van der Waals surface area contributed by atoms with Gasteiger partial charge in [-0.05, 0) is 44.8 Å². The Kier molecular flexibility index (Phi) is 6.52. The lowest BCUT2D eigenvalue weighted by Gasteiger charge is -2.22. The second-order valence-electron chi connectivity index (χ2n) is 5.24. The Morgan fingerprint density at radius 1 is 1.41 bits per heavy atom. The Balaban J connectivity index is 2.12. The minimum Gasteiger partial charge on any atom is -0.344 e. The molecule has 17 heavy (non-hydrogen) atoms. The van der Waals surface area contributed by atoms with Crippen LogP contribution < -0.4 is 5.73 Å². The molecule has 1 saturated heterocycles. The number of carbonyl (C=O) groups excluding carboxylic acids is 1. The van der Waals surface area contributed by atoms with Gasteiger partial charge < -0.3 is 15.5 Å². The molecular formula is C13H27N3O. The SMILES string of the molecule is CC(CN)CCC(=O)N(C)CCN1CCCC1. The Bertz CT molecular complexity index is 227. The summed E-state index contributed by atoms with van der Waals surface area (Å²) in [4.78, 5) is 16.1. The second kappa shape index (κ2) is 7.67. The van der Waals surface area contributed by atoms with Gasteiger partial charge in [-0.15, -0.1) is 0 Å². The Labute approximate surface area is 105 Å². The van der Waals surface area contributed by atoms with E-state index in [-0.39, 0.29) is 5.91 Å². The van der Waals surface area contributed by atoms with E-state index in [4.69, 9.17) is 5.73 Å². The Morgan fingerprint density at radius 2 is 2.06 bits per heavy atom. The zero-order valence-electron chi connectivity index (χ0n) is 11.3. The van der Waals surface area contributed by atoms with Crippen molar-refractivity contribution in [1.82, 2.24) is 9.80 Å². The number of hydrogen-bond donors (Lipinski definition) is 1. The maximum atomic E-state index is 11.8. The van der Waals surface area contributed by atoms with Crippen LogP contribution in [0.1, 0.15) is 32.6 Å². The summed E-state index contributed by atoms with van der Waals surface area (Å²) in [5, 5.41) is 0. The lowest BCUT2D eigenvalue weighted by Crippen LogP contribution is -2.35. The van der Waals surface area contributed by atoms with Gasteiger partial charge >= 0.3 is 0 Å². The summed E-state index contributed by atoms with van der Waals surface area (Å²) in [6, 6.07) is 0. The number of hydrogen-bond acceptors (Lipinski definition) is 3. The number of carbonyl (C=O) groups is 1. The van der Waals surface area contributed by atoms with Gasteiger partial charge in [0.1, 0.15) is 0 Å². The third kappa shape index (κ3) is 5.50. The van der Waals surface area contributed by atoms with Crippen LogP contribution in [0.25, 0.3) is 0 Å². The highest BCUT2D eigenvalue weighted by Gasteiger charge is 2.14. The molecule has 0 aromatic rings. The topological polar surface area (TPSA) is 49.6 Å². The molecule has 1 fully saturated rings. The molecule has 1 unspecified atom stereocenters. The summed E-state index contributed by atoms with van der Waals surface area (Å²) in [5.41, 5.74) is 5.54. The highest BCUT2D eigenvalue weighted by molar-refractivity contribution is 5.75. The molecule has 1 heterocycles. The van der Waals surface area contributed by atoms with Crippen molar-refractivity contribution in [2.45, 2.75) is 32.6 Å². The fourth-order valence-corrected chi connectivity index (χ4v) is 2.10. The van der Waals surface area contributed by atoms with Gasteiger partial charge in [-0.25, -0.2) is 0 Å². The van der Waals surface area contributed by atoms with E-state index in [1.165, 1.54) is 25.9 Å². The molecular weight excluding hydrogens is 214 g/mol. The lowest BCUT2D eigenvalue weighted by molar-refractivity contribution is -0.130. The standard InChI is InChI=1S/C13H27N3O/c1-12(11-14)5-6-13(17)15(2)9-10-16-7-3-4-8-16/h12H,3-11,14H2,1-2H3. The normalized spacial score (nSPS) is 18.3. The minimum atomic E-state index is 0.254. The van der Waals surface area contributed by atoms with Gasteiger partial charge in [0.15, 0.2) is 0 Å². The molecule has 4 heteroatoms. The second-order valence-corrected chi connectivity index (χ2v) is 5.24. The van der Waals surface area contributed by atoms with E-state index in [1.807, 2.05) is 11.9 Å². The molecule has 1 aliphatic heterocycles. The predicted molar refractivity (Wildman–Crippen MR) is 70.8 cm³/mol. The van der Waals surface area contributed by atoms with E-state index < -0.39 is 0 Å². The van der Waals surface area contributed by atoms with Crippen molar-refractivity contribution in [3.63, 3.8) is 0 Å². The van der Waals surface area contributed by atoms with Gasteiger partial charge in [0.25, 0.3) is 0 Å². The van der Waals surface area contributed by atoms with Gasteiger partial charge in [-0.2, -0.15) is 0 Å². The van der Waals surface area contributed by atoms with Crippen molar-refractivity contribution in [3.05, 3.63) is 0 Å². The van der Waals surface area contributed by atoms with Crippen molar-refractivity contribution < 1.29 is 4.79 Å². The van der Waals surface area contributed by atoms with E-state index in [1.54, 1.807) is 0 Å². The molecule has 1 aliphatic rings. The molecule has 0 aromatic carbocycles. The number of nitrogens with zero attached hydrogens (tertiary/aromatic N) is 2. The Hall–Kier alpha value is -0.610. The molecule has 2 N–H and O–H groups in total. The van der Waals surface area contributed by atoms with Crippen LogP contribution in [0.4, 0.5) is 0 Å². The van der Waals surface area contributed by atoms with E-state index >= 15 is 0 Å². The molecule has 0 aliphatic carbocycles. The van der Waals surface area contributed by atoms with Crippen LogP contribution in [0.2, 0.25) is 0 Å². The Morgan fingerprint density at radius 3 is 2.65 bits per heavy atom. The van der Waals surface area contributed by atoms with Crippen molar-refractivity contribution in [2.75, 3.05) is 39.8 Å². The third-order valence-corrected chi connectivity index (χ3v) is 3.63. The smallest absolute Gasteiger partial charge is 0.222 e. The first kappa shape index (κ1) is 14.5. The molecule has 0 aromatic heterocycles. The summed E-state index contributed by atoms with van der Waals surface area (Å²) in [7, 11) is 1.91. The van der Waals surface area contributed by atoms with Gasteiger partial charge in [0, 0.05) is 26.6 Å². The van der Waals surface area contributed by atoms with Gasteiger partial charge in [0.05, 0.1) is 0 Å². The summed E-state index contributed by atoms with van der Waals surface area (Å²) in [6.45, 7) is 7.05. The van der Waals surface area contributed by atoms with Gasteiger partial charge in [0.2, 0.25) is 5.91 Å². The molecule has 0 bridgehead atoms. The predicted octanol–water partition coefficient (Wildman–Crippen LogP) is 0.916. The first-order valence-corrected chi connectivity index (χ1v) is 6.80. The fourth-order valence-electron chi connectivity index (χ4n) is 2.10. The lowest BCUT2D eigenvalue weighted by atomic mass is 10.1. The molecule has 4 nitrogen and oxygen atoms in total. The summed E-state index contributed by atoms with van der Waals surface area (Å²) in [5.74, 6) is 0.704. The quantitative estimate of drug-likeness (QED) is 0.721. The van der Waals surface area contributed by atoms with E-state index in [9.17, 15) is 4.79 Å². The number of amides is 1. The van der Waals surface area contributed by atoms with Crippen LogP contribution >= 0.6 is 0 Å². The van der Waals surface area contributed by atoms with Crippen molar-refractivity contribution in [2.24, 2.45) is 11.7 Å². The highest BCUT2D eigenvalue weighted by Crippen LogP contribution is 2.08. The van der Waals surface area contributed by atoms with Gasteiger partial charge in [-0.3, -0.25) is 4.79 Å². The van der Waals surface area contributed by atoms with Crippen LogP contribution in [-0.2, 0) is 4.79 Å². The highest BCUT2D eigenvalue weighted by atomic mass is 16.2. The first-order chi connectivity index (χ1) is 8.13. The van der Waals surface area contributed by atoms with E-state index in [0.717, 1.165) is 19.5 Å². The number of nitrogens with two attached hydrogens (primary N) is 1.